The molecule has 0 spiro atoms. The van der Waals surface area contributed by atoms with Crippen LogP contribution in [0.5, 0.6) is 0 Å². The van der Waals surface area contributed by atoms with Crippen LogP contribution in [0, 0.1) is 0 Å². The van der Waals surface area contributed by atoms with E-state index in [1.807, 2.05) is 24.3 Å². The third-order valence-electron chi connectivity index (χ3n) is 2.00. The zero-order valence-electron chi connectivity index (χ0n) is 7.44. The molecular formula is C10H9ClN2O. The molecule has 1 aromatic carbocycles. The van der Waals surface area contributed by atoms with Crippen LogP contribution in [0.4, 0.5) is 0 Å². The van der Waals surface area contributed by atoms with Gasteiger partial charge in [-0.05, 0) is 12.1 Å². The van der Waals surface area contributed by atoms with Crippen molar-refractivity contribution in [2.24, 2.45) is 0 Å². The highest BCUT2D eigenvalue weighted by molar-refractivity contribution is 6.17. The van der Waals surface area contributed by atoms with E-state index in [0.717, 1.165) is 11.0 Å². The van der Waals surface area contributed by atoms with Gasteiger partial charge in [0.25, 0.3) is 0 Å². The molecule has 1 N–H and O–H groups in total. The van der Waals surface area contributed by atoms with Crippen molar-refractivity contribution in [2.75, 3.05) is 0 Å². The van der Waals surface area contributed by atoms with Crippen LogP contribution in [0.15, 0.2) is 24.3 Å². The Morgan fingerprint density at radius 3 is 2.14 bits per heavy atom. The smallest absolute Gasteiger partial charge is 0.0893 e. The number of hydrogen-bond donors (Lipinski definition) is 1. The molecule has 0 amide bonds. The molecule has 0 fully saturated rings. The van der Waals surface area contributed by atoms with Crippen LogP contribution in [0.2, 0.25) is 0 Å². The third kappa shape index (κ3) is 1.56. The summed E-state index contributed by atoms with van der Waals surface area (Å²) in [6.07, 6.45) is 0. The van der Waals surface area contributed by atoms with E-state index in [4.69, 9.17) is 16.7 Å². The summed E-state index contributed by atoms with van der Waals surface area (Å²) in [5.41, 5.74) is 2.79. The Hall–Kier alpha value is -1.19. The molecule has 0 aliphatic carbocycles. The van der Waals surface area contributed by atoms with Crippen LogP contribution < -0.4 is 0 Å². The third-order valence-corrected chi connectivity index (χ3v) is 2.26. The minimum absolute atomic E-state index is 0.125. The number of halogens is 1. The molecule has 3 nitrogen and oxygen atoms in total. The minimum atomic E-state index is -0.125. The van der Waals surface area contributed by atoms with Crippen LogP contribution in [-0.2, 0) is 12.5 Å². The highest BCUT2D eigenvalue weighted by atomic mass is 35.5. The van der Waals surface area contributed by atoms with E-state index >= 15 is 0 Å². The van der Waals surface area contributed by atoms with Gasteiger partial charge in [0.1, 0.15) is 0 Å². The quantitative estimate of drug-likeness (QED) is 0.767. The first kappa shape index (κ1) is 9.37. The summed E-state index contributed by atoms with van der Waals surface area (Å²) >= 11 is 5.70. The maximum absolute atomic E-state index is 9.05. The summed E-state index contributed by atoms with van der Waals surface area (Å²) in [7, 11) is 0. The first-order valence-electron chi connectivity index (χ1n) is 4.26. The summed E-state index contributed by atoms with van der Waals surface area (Å²) in [6, 6.07) is 7.52. The van der Waals surface area contributed by atoms with Gasteiger partial charge < -0.3 is 5.11 Å². The molecule has 2 rings (SSSR count). The molecule has 0 unspecified atom stereocenters. The van der Waals surface area contributed by atoms with Crippen LogP contribution in [0.1, 0.15) is 11.4 Å². The molecule has 0 saturated carbocycles. The standard InChI is InChI=1S/C10H9ClN2O/c11-5-9-10(6-14)13-8-4-2-1-3-7(8)12-9/h1-4,14H,5-6H2. The lowest BCUT2D eigenvalue weighted by molar-refractivity contribution is 0.275. The molecule has 0 aliphatic rings. The highest BCUT2D eigenvalue weighted by Crippen LogP contribution is 2.14. The van der Waals surface area contributed by atoms with E-state index < -0.39 is 0 Å². The predicted octanol–water partition coefficient (Wildman–Crippen LogP) is 1.86. The summed E-state index contributed by atoms with van der Waals surface area (Å²) in [5, 5.41) is 9.05. The van der Waals surface area contributed by atoms with Gasteiger partial charge in [-0.3, -0.25) is 0 Å². The van der Waals surface area contributed by atoms with E-state index in [-0.39, 0.29) is 12.5 Å². The number of alkyl halides is 1. The van der Waals surface area contributed by atoms with E-state index in [1.165, 1.54) is 0 Å². The molecule has 0 radical (unpaired) electrons. The monoisotopic (exact) mass is 208 g/mol. The van der Waals surface area contributed by atoms with Crippen molar-refractivity contribution < 1.29 is 5.11 Å². The van der Waals surface area contributed by atoms with Crippen molar-refractivity contribution in [1.82, 2.24) is 9.97 Å². The van der Waals surface area contributed by atoms with Crippen molar-refractivity contribution in [2.45, 2.75) is 12.5 Å². The molecule has 4 heteroatoms. The number of benzene rings is 1. The fourth-order valence-electron chi connectivity index (χ4n) is 1.31. The van der Waals surface area contributed by atoms with Crippen molar-refractivity contribution in [3.8, 4) is 0 Å². The second-order valence-electron chi connectivity index (χ2n) is 2.90. The summed E-state index contributed by atoms with van der Waals surface area (Å²) < 4.78 is 0. The van der Waals surface area contributed by atoms with Gasteiger partial charge in [0.05, 0.1) is 34.9 Å². The molecule has 2 aromatic rings. The lowest BCUT2D eigenvalue weighted by atomic mass is 10.2. The lowest BCUT2D eigenvalue weighted by Crippen LogP contribution is -2.00. The van der Waals surface area contributed by atoms with Crippen molar-refractivity contribution in [3.05, 3.63) is 35.7 Å². The molecule has 1 aromatic heterocycles. The molecule has 72 valence electrons. The Morgan fingerprint density at radius 1 is 1.07 bits per heavy atom. The fraction of sp³-hybridized carbons (Fsp3) is 0.200. The maximum Gasteiger partial charge on any atom is 0.0893 e. The molecule has 1 heterocycles. The van der Waals surface area contributed by atoms with E-state index in [0.29, 0.717) is 11.4 Å². The number of nitrogens with zero attached hydrogens (tertiary/aromatic N) is 2. The summed E-state index contributed by atoms with van der Waals surface area (Å²) in [6.45, 7) is -0.125. The molecule has 0 bridgehead atoms. The van der Waals surface area contributed by atoms with Crippen LogP contribution in [-0.4, -0.2) is 15.1 Å². The second kappa shape index (κ2) is 3.90. The fourth-order valence-corrected chi connectivity index (χ4v) is 1.52. The zero-order chi connectivity index (χ0) is 9.97. The van der Waals surface area contributed by atoms with Gasteiger partial charge in [-0.25, -0.2) is 9.97 Å². The van der Waals surface area contributed by atoms with Gasteiger partial charge in [-0.1, -0.05) is 12.1 Å². The van der Waals surface area contributed by atoms with Gasteiger partial charge in [-0.15, -0.1) is 11.6 Å². The number of aromatic nitrogens is 2. The number of aliphatic hydroxyl groups is 1. The predicted molar refractivity (Wildman–Crippen MR) is 55.0 cm³/mol. The first-order chi connectivity index (χ1) is 6.85. The Labute approximate surface area is 86.4 Å². The van der Waals surface area contributed by atoms with Gasteiger partial charge in [-0.2, -0.15) is 0 Å². The Kier molecular flexibility index (Phi) is 2.61. The second-order valence-corrected chi connectivity index (χ2v) is 3.16. The summed E-state index contributed by atoms with van der Waals surface area (Å²) in [5.74, 6) is 0.272. The normalized spacial score (nSPS) is 10.7. The topological polar surface area (TPSA) is 46.0 Å². The van der Waals surface area contributed by atoms with Crippen molar-refractivity contribution >= 4 is 22.6 Å². The first-order valence-corrected chi connectivity index (χ1v) is 4.80. The molecular weight excluding hydrogens is 200 g/mol. The Bertz CT molecular complexity index is 416. The van der Waals surface area contributed by atoms with Crippen LogP contribution in [0.3, 0.4) is 0 Å². The SMILES string of the molecule is OCc1nc2ccccc2nc1CCl. The van der Waals surface area contributed by atoms with E-state index in [2.05, 4.69) is 9.97 Å². The van der Waals surface area contributed by atoms with Crippen LogP contribution >= 0.6 is 11.6 Å². The molecule has 0 atom stereocenters. The Balaban J connectivity index is 2.69. The summed E-state index contributed by atoms with van der Waals surface area (Å²) in [4.78, 5) is 8.58. The number of rotatable bonds is 2. The maximum atomic E-state index is 9.05. The zero-order valence-corrected chi connectivity index (χ0v) is 8.20. The molecule has 14 heavy (non-hydrogen) atoms. The van der Waals surface area contributed by atoms with Crippen molar-refractivity contribution in [1.29, 1.82) is 0 Å². The van der Waals surface area contributed by atoms with Crippen molar-refractivity contribution in [3.63, 3.8) is 0 Å². The number of aliphatic hydroxyl groups excluding tert-OH is 1. The van der Waals surface area contributed by atoms with Gasteiger partial charge in [0, 0.05) is 0 Å². The van der Waals surface area contributed by atoms with E-state index in [1.54, 1.807) is 0 Å². The van der Waals surface area contributed by atoms with Gasteiger partial charge >= 0.3 is 0 Å². The largest absolute Gasteiger partial charge is 0.390 e. The molecule has 0 aliphatic heterocycles. The average molecular weight is 209 g/mol. The molecule has 0 saturated heterocycles. The number of para-hydroxylation sites is 2. The Morgan fingerprint density at radius 2 is 1.64 bits per heavy atom. The number of hydrogen-bond acceptors (Lipinski definition) is 3. The van der Waals surface area contributed by atoms with Crippen LogP contribution in [0.25, 0.3) is 11.0 Å². The van der Waals surface area contributed by atoms with Gasteiger partial charge in [0.15, 0.2) is 0 Å². The average Bonchev–Trinajstić information content (AvgIpc) is 2.27. The highest BCUT2D eigenvalue weighted by Gasteiger charge is 2.05. The van der Waals surface area contributed by atoms with Gasteiger partial charge in [0.2, 0.25) is 0 Å². The van der Waals surface area contributed by atoms with E-state index in [9.17, 15) is 0 Å². The minimum Gasteiger partial charge on any atom is -0.390 e. The number of fused-ring (bicyclic) bond motifs is 1. The lowest BCUT2D eigenvalue weighted by Gasteiger charge is -2.04.